The second-order valence-electron chi connectivity index (χ2n) is 11.1. The summed E-state index contributed by atoms with van der Waals surface area (Å²) in [4.78, 5) is 21.3. The van der Waals surface area contributed by atoms with Crippen LogP contribution in [0.25, 0.3) is 0 Å². The standard InChI is InChI=1S/C29H35F7N4O/c1-18-13-23(30)5-6-25(18)26-17-24(39-11-9-37(3)10-12-39)7-8-40(26)27(41)38(4)19(2)20-14-21(28(31,32)33)16-22(15-20)29(34,35)36/h5-6,13-16,19,24,26H,7-12,17H2,1-4H3. The van der Waals surface area contributed by atoms with E-state index >= 15 is 0 Å². The molecule has 0 saturated carbocycles. The summed E-state index contributed by atoms with van der Waals surface area (Å²) in [6.07, 6.45) is -8.74. The minimum atomic E-state index is -4.99. The Bertz CT molecular complexity index is 1210. The second-order valence-corrected chi connectivity index (χ2v) is 11.1. The van der Waals surface area contributed by atoms with Gasteiger partial charge in [0, 0.05) is 45.8 Å². The lowest BCUT2D eigenvalue weighted by Crippen LogP contribution is -2.55. The topological polar surface area (TPSA) is 30.0 Å². The van der Waals surface area contributed by atoms with Gasteiger partial charge in [0.1, 0.15) is 5.82 Å². The molecule has 4 rings (SSSR count). The van der Waals surface area contributed by atoms with Crippen molar-refractivity contribution >= 4 is 6.03 Å². The lowest BCUT2D eigenvalue weighted by Gasteiger charge is -2.47. The van der Waals surface area contributed by atoms with Gasteiger partial charge in [-0.1, -0.05) is 6.07 Å². The number of likely N-dealkylation sites (tertiary alicyclic amines) is 1. The number of hydrogen-bond donors (Lipinski definition) is 0. The Kier molecular flexibility index (Phi) is 8.94. The monoisotopic (exact) mass is 588 g/mol. The van der Waals surface area contributed by atoms with E-state index in [2.05, 4.69) is 16.8 Å². The first-order valence-corrected chi connectivity index (χ1v) is 13.6. The van der Waals surface area contributed by atoms with E-state index in [0.717, 1.165) is 31.7 Å². The number of aryl methyl sites for hydroxylation is 1. The van der Waals surface area contributed by atoms with E-state index in [-0.39, 0.29) is 17.7 Å². The van der Waals surface area contributed by atoms with Gasteiger partial charge in [-0.15, -0.1) is 0 Å². The molecule has 2 heterocycles. The maximum absolute atomic E-state index is 14.0. The molecule has 0 aromatic heterocycles. The van der Waals surface area contributed by atoms with E-state index in [4.69, 9.17) is 0 Å². The molecule has 226 valence electrons. The van der Waals surface area contributed by atoms with Gasteiger partial charge in [-0.3, -0.25) is 4.90 Å². The molecular weight excluding hydrogens is 553 g/mol. The van der Waals surface area contributed by atoms with Crippen LogP contribution in [0, 0.1) is 12.7 Å². The van der Waals surface area contributed by atoms with Crippen LogP contribution in [-0.2, 0) is 12.4 Å². The van der Waals surface area contributed by atoms with Gasteiger partial charge in [-0.2, -0.15) is 26.3 Å². The van der Waals surface area contributed by atoms with Crippen LogP contribution in [0.3, 0.4) is 0 Å². The quantitative estimate of drug-likeness (QED) is 0.371. The first-order valence-electron chi connectivity index (χ1n) is 13.6. The van der Waals surface area contributed by atoms with Crippen molar-refractivity contribution in [3.05, 3.63) is 70.0 Å². The van der Waals surface area contributed by atoms with Crippen molar-refractivity contribution in [2.45, 2.75) is 57.2 Å². The molecule has 5 nitrogen and oxygen atoms in total. The van der Waals surface area contributed by atoms with Crippen LogP contribution in [0.15, 0.2) is 36.4 Å². The normalized spacial score (nSPS) is 22.1. The lowest BCUT2D eigenvalue weighted by atomic mass is 9.88. The minimum Gasteiger partial charge on any atom is -0.321 e. The van der Waals surface area contributed by atoms with Crippen LogP contribution in [0.5, 0.6) is 0 Å². The molecule has 0 radical (unpaired) electrons. The van der Waals surface area contributed by atoms with Gasteiger partial charge in [0.15, 0.2) is 0 Å². The van der Waals surface area contributed by atoms with E-state index in [9.17, 15) is 35.5 Å². The zero-order valence-electron chi connectivity index (χ0n) is 23.5. The van der Waals surface area contributed by atoms with Gasteiger partial charge >= 0.3 is 18.4 Å². The molecule has 2 fully saturated rings. The van der Waals surface area contributed by atoms with Crippen LogP contribution >= 0.6 is 0 Å². The summed E-state index contributed by atoms with van der Waals surface area (Å²) in [6, 6.07) is 3.89. The van der Waals surface area contributed by atoms with Crippen molar-refractivity contribution in [2.75, 3.05) is 46.8 Å². The molecule has 2 aromatic rings. The molecule has 2 amide bonds. The van der Waals surface area contributed by atoms with E-state index in [1.165, 1.54) is 31.0 Å². The summed E-state index contributed by atoms with van der Waals surface area (Å²) >= 11 is 0. The fourth-order valence-corrected chi connectivity index (χ4v) is 5.81. The summed E-state index contributed by atoms with van der Waals surface area (Å²) in [5, 5.41) is 0. The largest absolute Gasteiger partial charge is 0.416 e. The third-order valence-electron chi connectivity index (χ3n) is 8.44. The van der Waals surface area contributed by atoms with Gasteiger partial charge in [0.05, 0.1) is 23.2 Å². The summed E-state index contributed by atoms with van der Waals surface area (Å²) in [5.74, 6) is -0.411. The van der Waals surface area contributed by atoms with Crippen molar-refractivity contribution in [1.82, 2.24) is 19.6 Å². The van der Waals surface area contributed by atoms with E-state index in [1.807, 2.05) is 0 Å². The summed E-state index contributed by atoms with van der Waals surface area (Å²) in [7, 11) is 3.43. The third-order valence-corrected chi connectivity index (χ3v) is 8.44. The summed E-state index contributed by atoms with van der Waals surface area (Å²) in [6.45, 7) is 7.07. The van der Waals surface area contributed by atoms with Gasteiger partial charge < -0.3 is 14.7 Å². The number of urea groups is 1. The fourth-order valence-electron chi connectivity index (χ4n) is 5.81. The molecule has 41 heavy (non-hydrogen) atoms. The molecule has 2 aliphatic rings. The molecule has 0 aliphatic carbocycles. The number of likely N-dealkylation sites (N-methyl/N-ethyl adjacent to an activating group) is 1. The van der Waals surface area contributed by atoms with Crippen molar-refractivity contribution < 1.29 is 35.5 Å². The zero-order valence-corrected chi connectivity index (χ0v) is 23.5. The lowest BCUT2D eigenvalue weighted by molar-refractivity contribution is -0.143. The van der Waals surface area contributed by atoms with Crippen LogP contribution in [0.4, 0.5) is 35.5 Å². The van der Waals surface area contributed by atoms with Crippen LogP contribution in [-0.4, -0.2) is 78.5 Å². The van der Waals surface area contributed by atoms with Crippen molar-refractivity contribution in [3.63, 3.8) is 0 Å². The summed E-state index contributed by atoms with van der Waals surface area (Å²) < 4.78 is 94.8. The van der Waals surface area contributed by atoms with Crippen LogP contribution in [0.1, 0.15) is 59.7 Å². The Morgan fingerprint density at radius 3 is 2.05 bits per heavy atom. The number of piperazine rings is 1. The second kappa shape index (κ2) is 11.8. The maximum atomic E-state index is 14.0. The molecule has 3 atom stereocenters. The predicted octanol–water partition coefficient (Wildman–Crippen LogP) is 6.74. The molecule has 2 aromatic carbocycles. The van der Waals surface area contributed by atoms with E-state index in [0.29, 0.717) is 37.1 Å². The number of rotatable bonds is 4. The van der Waals surface area contributed by atoms with Crippen LogP contribution < -0.4 is 0 Å². The first kappa shape index (κ1) is 31.1. The average Bonchev–Trinajstić information content (AvgIpc) is 2.91. The Morgan fingerprint density at radius 2 is 1.51 bits per heavy atom. The number of hydrogen-bond acceptors (Lipinski definition) is 3. The number of carbonyl (C=O) groups excluding carboxylic acids is 1. The smallest absolute Gasteiger partial charge is 0.321 e. The number of piperidine rings is 1. The molecule has 0 N–H and O–H groups in total. The molecule has 0 bridgehead atoms. The molecule has 12 heteroatoms. The van der Waals surface area contributed by atoms with E-state index in [1.54, 1.807) is 17.9 Å². The molecule has 3 unspecified atom stereocenters. The van der Waals surface area contributed by atoms with Gasteiger partial charge in [0.2, 0.25) is 0 Å². The molecule has 2 aliphatic heterocycles. The van der Waals surface area contributed by atoms with E-state index < -0.39 is 47.4 Å². The zero-order chi connectivity index (χ0) is 30.3. The SMILES string of the molecule is Cc1cc(F)ccc1C1CC(N2CCN(C)CC2)CCN1C(=O)N(C)C(C)c1cc(C(F)(F)F)cc(C(F)(F)F)c1. The highest BCUT2D eigenvalue weighted by Crippen LogP contribution is 2.40. The van der Waals surface area contributed by atoms with Gasteiger partial charge in [-0.25, -0.2) is 9.18 Å². The number of benzene rings is 2. The third kappa shape index (κ3) is 6.97. The van der Waals surface area contributed by atoms with Crippen molar-refractivity contribution in [1.29, 1.82) is 0 Å². The number of halogens is 7. The Balaban J connectivity index is 1.64. The first-order chi connectivity index (χ1) is 19.1. The molecular formula is C29H35F7N4O. The summed E-state index contributed by atoms with van der Waals surface area (Å²) in [5.41, 5.74) is -1.70. The Labute approximate surface area is 235 Å². The molecule has 0 spiro atoms. The van der Waals surface area contributed by atoms with Crippen molar-refractivity contribution in [3.8, 4) is 0 Å². The highest BCUT2D eigenvalue weighted by molar-refractivity contribution is 5.75. The molecule has 2 saturated heterocycles. The number of amides is 2. The van der Waals surface area contributed by atoms with Crippen LogP contribution in [0.2, 0.25) is 0 Å². The highest BCUT2D eigenvalue weighted by atomic mass is 19.4. The number of nitrogens with zero attached hydrogens (tertiary/aromatic N) is 4. The highest BCUT2D eigenvalue weighted by Gasteiger charge is 2.40. The van der Waals surface area contributed by atoms with Gasteiger partial charge in [-0.05, 0) is 80.8 Å². The van der Waals surface area contributed by atoms with Gasteiger partial charge in [0.25, 0.3) is 0 Å². The fraction of sp³-hybridized carbons (Fsp3) is 0.552. The Hall–Kier alpha value is -2.86. The number of alkyl halides is 6. The van der Waals surface area contributed by atoms with Crippen molar-refractivity contribution in [2.24, 2.45) is 0 Å². The average molecular weight is 589 g/mol. The Morgan fingerprint density at radius 1 is 0.927 bits per heavy atom. The maximum Gasteiger partial charge on any atom is 0.416 e. The number of carbonyl (C=O) groups is 1. The predicted molar refractivity (Wildman–Crippen MR) is 141 cm³/mol. The minimum absolute atomic E-state index is 0.0779.